The van der Waals surface area contributed by atoms with Crippen LogP contribution in [0.2, 0.25) is 0 Å². The van der Waals surface area contributed by atoms with Crippen LogP contribution < -0.4 is 11.3 Å². The molecule has 41 heavy (non-hydrogen) atoms. The van der Waals surface area contributed by atoms with E-state index in [9.17, 15) is 14.0 Å². The summed E-state index contributed by atoms with van der Waals surface area (Å²) in [6, 6.07) is 0.698. The second-order valence-corrected chi connectivity index (χ2v) is 10.4. The summed E-state index contributed by atoms with van der Waals surface area (Å²) in [4.78, 5) is 50.0. The Morgan fingerprint density at radius 2 is 1.49 bits per heavy atom. The van der Waals surface area contributed by atoms with Crippen molar-refractivity contribution in [2.24, 2.45) is 4.99 Å². The molecule has 0 bridgehead atoms. The van der Waals surface area contributed by atoms with Crippen LogP contribution in [0.15, 0.2) is 35.0 Å². The first-order valence-electron chi connectivity index (χ1n) is 13.2. The number of imidazole rings is 2. The van der Waals surface area contributed by atoms with Crippen molar-refractivity contribution in [3.8, 4) is 0 Å². The normalized spacial score (nSPS) is 12.6. The third-order valence-corrected chi connectivity index (χ3v) is 6.34. The number of hydrogen-bond donors (Lipinski definition) is 2. The third-order valence-electron chi connectivity index (χ3n) is 6.34. The van der Waals surface area contributed by atoms with Gasteiger partial charge in [0.1, 0.15) is 23.5 Å². The number of fused-ring (bicyclic) bond motifs is 3. The van der Waals surface area contributed by atoms with Gasteiger partial charge in [0.2, 0.25) is 0 Å². The maximum Gasteiger partial charge on any atom is 0.279 e. The maximum absolute atomic E-state index is 13.4. The number of Topliss-reactive ketones (excluding diaryl/α,β-unsaturated/α-hetero) is 1. The number of aryl methyl sites for hydroxylation is 1. The fourth-order valence-corrected chi connectivity index (χ4v) is 4.25. The molecular weight excluding hydrogens is 529 g/mol. The van der Waals surface area contributed by atoms with Crippen LogP contribution in [-0.2, 0) is 0 Å². The van der Waals surface area contributed by atoms with Crippen LogP contribution in [0, 0.1) is 12.7 Å². The molecule has 0 saturated carbocycles. The molecule has 14 heteroatoms. The number of aromatic nitrogens is 9. The summed E-state index contributed by atoms with van der Waals surface area (Å²) in [5, 5.41) is 0. The molecule has 0 unspecified atom stereocenters. The van der Waals surface area contributed by atoms with E-state index in [4.69, 9.17) is 5.73 Å². The molecule has 6 heterocycles. The topological polar surface area (TPSA) is 168 Å². The quantitative estimate of drug-likeness (QED) is 0.323. The Morgan fingerprint density at radius 3 is 2.12 bits per heavy atom. The minimum Gasteiger partial charge on any atom is -0.382 e. The Labute approximate surface area is 235 Å². The number of nitrogens with two attached hydrogens (primary N) is 1. The largest absolute Gasteiger partial charge is 0.382 e. The number of H-pyrrole nitrogens is 1. The molecule has 0 saturated heterocycles. The van der Waals surface area contributed by atoms with Crippen LogP contribution in [0.25, 0.3) is 22.3 Å². The molecule has 0 aromatic carbocycles. The van der Waals surface area contributed by atoms with Gasteiger partial charge in [-0.2, -0.15) is 0 Å². The lowest BCUT2D eigenvalue weighted by atomic mass is 10.1. The molecule has 1 aliphatic heterocycles. The molecule has 0 fully saturated rings. The molecule has 0 spiro atoms. The highest BCUT2D eigenvalue weighted by atomic mass is 19.1. The lowest BCUT2D eigenvalue weighted by Gasteiger charge is -2.11. The number of aliphatic imine (C=N–C) groups is 1. The number of halogens is 1. The summed E-state index contributed by atoms with van der Waals surface area (Å²) in [5.41, 5.74) is 8.14. The predicted octanol–water partition coefficient (Wildman–Crippen LogP) is 4.50. The van der Waals surface area contributed by atoms with E-state index in [-0.39, 0.29) is 35.4 Å². The lowest BCUT2D eigenvalue weighted by molar-refractivity contribution is 0.0997. The molecule has 6 rings (SSSR count). The number of anilines is 1. The Balaban J connectivity index is 0.000000142. The SMILES string of the molecule is CC(C)n1cc(F)c2c1N=CCC2=O.CC(C)n1cnc2c(N)ncnc21.Cc1nc2c(ncn2C(C)C)c(=O)[nH]1. The van der Waals surface area contributed by atoms with E-state index in [1.54, 1.807) is 24.1 Å². The van der Waals surface area contributed by atoms with Crippen molar-refractivity contribution in [3.05, 3.63) is 52.7 Å². The van der Waals surface area contributed by atoms with Gasteiger partial charge in [0.05, 0.1) is 18.2 Å². The van der Waals surface area contributed by atoms with Crippen LogP contribution in [0.1, 0.15) is 82.3 Å². The van der Waals surface area contributed by atoms with Gasteiger partial charge in [-0.15, -0.1) is 0 Å². The minimum atomic E-state index is -0.462. The second kappa shape index (κ2) is 11.8. The summed E-state index contributed by atoms with van der Waals surface area (Å²) in [6.45, 7) is 13.8. The molecule has 13 nitrogen and oxygen atoms in total. The fraction of sp³-hybridized carbons (Fsp3) is 0.407. The first-order valence-corrected chi connectivity index (χ1v) is 13.2. The van der Waals surface area contributed by atoms with Crippen molar-refractivity contribution >= 4 is 46.0 Å². The Bertz CT molecular complexity index is 1790. The molecule has 5 aromatic rings. The van der Waals surface area contributed by atoms with Gasteiger partial charge in [0.25, 0.3) is 5.56 Å². The first-order chi connectivity index (χ1) is 19.4. The highest BCUT2D eigenvalue weighted by Gasteiger charge is 2.24. The number of ketones is 1. The van der Waals surface area contributed by atoms with Crippen molar-refractivity contribution in [1.82, 2.24) is 43.6 Å². The van der Waals surface area contributed by atoms with E-state index in [1.165, 1.54) is 18.7 Å². The van der Waals surface area contributed by atoms with Crippen molar-refractivity contribution in [3.63, 3.8) is 0 Å². The number of aromatic amines is 1. The molecule has 216 valence electrons. The number of nitrogens with one attached hydrogen (secondary N) is 1. The summed E-state index contributed by atoms with van der Waals surface area (Å²) in [7, 11) is 0. The zero-order valence-electron chi connectivity index (χ0n) is 24.1. The van der Waals surface area contributed by atoms with Crippen molar-refractivity contribution in [1.29, 1.82) is 0 Å². The molecule has 0 radical (unpaired) electrons. The van der Waals surface area contributed by atoms with Gasteiger partial charge in [-0.05, 0) is 48.5 Å². The molecule has 1 aliphatic rings. The first kappa shape index (κ1) is 29.2. The smallest absolute Gasteiger partial charge is 0.279 e. The summed E-state index contributed by atoms with van der Waals surface area (Å²) < 4.78 is 18.9. The van der Waals surface area contributed by atoms with Gasteiger partial charge >= 0.3 is 0 Å². The summed E-state index contributed by atoms with van der Waals surface area (Å²) in [5.74, 6) is 0.852. The Hall–Kier alpha value is -4.75. The van der Waals surface area contributed by atoms with E-state index in [2.05, 4.69) is 48.7 Å². The average Bonchev–Trinajstić information content (AvgIpc) is 3.61. The Morgan fingerprint density at radius 1 is 0.878 bits per heavy atom. The van der Waals surface area contributed by atoms with E-state index < -0.39 is 5.82 Å². The molecule has 0 atom stereocenters. The standard InChI is InChI=1S/C10H11FN2O.C9H12N4O.C8H11N5/c1-6(2)13-5-7(11)9-8(14)3-4-12-10(9)13;1-5(2)13-4-10-7-8(13)11-6(3)12-9(7)14;1-5(2)13-4-12-6-7(9)10-3-11-8(6)13/h4-6H,3H2,1-2H3;4-5H,1-3H3,(H,11,12,14);3-5H,1-2H3,(H2,9,10,11). The Kier molecular flexibility index (Phi) is 8.40. The highest BCUT2D eigenvalue weighted by molar-refractivity contribution is 6.09. The fourth-order valence-electron chi connectivity index (χ4n) is 4.25. The van der Waals surface area contributed by atoms with E-state index in [0.29, 0.717) is 40.2 Å². The van der Waals surface area contributed by atoms with Crippen molar-refractivity contribution in [2.75, 3.05) is 5.73 Å². The number of nitrogen functional groups attached to an aromatic ring is 1. The van der Waals surface area contributed by atoms with E-state index >= 15 is 0 Å². The molecule has 0 aliphatic carbocycles. The molecule has 3 N–H and O–H groups in total. The lowest BCUT2D eigenvalue weighted by Crippen LogP contribution is -2.11. The zero-order valence-corrected chi connectivity index (χ0v) is 24.1. The van der Waals surface area contributed by atoms with Crippen LogP contribution in [0.3, 0.4) is 0 Å². The van der Waals surface area contributed by atoms with E-state index in [1.807, 2.05) is 36.8 Å². The minimum absolute atomic E-state index is 0.108. The van der Waals surface area contributed by atoms with Crippen LogP contribution >= 0.6 is 0 Å². The van der Waals surface area contributed by atoms with Gasteiger partial charge in [0, 0.05) is 37.0 Å². The van der Waals surface area contributed by atoms with Gasteiger partial charge in [-0.25, -0.2) is 34.3 Å². The van der Waals surface area contributed by atoms with Gasteiger partial charge in [-0.1, -0.05) is 0 Å². The molecule has 0 amide bonds. The van der Waals surface area contributed by atoms with Gasteiger partial charge in [0.15, 0.2) is 34.2 Å². The van der Waals surface area contributed by atoms with Crippen LogP contribution in [0.4, 0.5) is 16.0 Å². The van der Waals surface area contributed by atoms with Gasteiger partial charge in [-0.3, -0.25) is 9.59 Å². The molecule has 5 aromatic heterocycles. The molecular formula is C27H34FN11O2. The number of hydrogen-bond acceptors (Lipinski definition) is 9. The maximum atomic E-state index is 13.4. The number of nitrogens with zero attached hydrogens (tertiary/aromatic N) is 9. The number of carbonyl (C=O) groups is 1. The predicted molar refractivity (Wildman–Crippen MR) is 155 cm³/mol. The van der Waals surface area contributed by atoms with Crippen LogP contribution in [0.5, 0.6) is 0 Å². The zero-order chi connectivity index (χ0) is 30.0. The van der Waals surface area contributed by atoms with Crippen molar-refractivity contribution < 1.29 is 9.18 Å². The van der Waals surface area contributed by atoms with Crippen molar-refractivity contribution in [2.45, 2.75) is 73.0 Å². The number of rotatable bonds is 3. The summed E-state index contributed by atoms with van der Waals surface area (Å²) >= 11 is 0. The summed E-state index contributed by atoms with van der Waals surface area (Å²) in [6.07, 6.45) is 7.92. The third kappa shape index (κ3) is 5.90. The van der Waals surface area contributed by atoms with Gasteiger partial charge < -0.3 is 24.4 Å². The highest BCUT2D eigenvalue weighted by Crippen LogP contribution is 2.31. The monoisotopic (exact) mass is 563 g/mol. The van der Waals surface area contributed by atoms with E-state index in [0.717, 1.165) is 5.65 Å². The average molecular weight is 564 g/mol. The van der Waals surface area contributed by atoms with Crippen LogP contribution in [-0.4, -0.2) is 55.6 Å². The second-order valence-electron chi connectivity index (χ2n) is 10.4. The number of carbonyl (C=O) groups excluding carboxylic acids is 1.